The molecule has 0 saturated carbocycles. The highest BCUT2D eigenvalue weighted by atomic mass is 15.1. The summed E-state index contributed by atoms with van der Waals surface area (Å²) in [5, 5.41) is 2.45. The van der Waals surface area contributed by atoms with Crippen molar-refractivity contribution in [1.82, 2.24) is 0 Å². The molecule has 8 aromatic carbocycles. The van der Waals surface area contributed by atoms with Crippen LogP contribution in [0.25, 0.3) is 33.0 Å². The average Bonchev–Trinajstić information content (AvgIpc) is 3.63. The first-order valence-corrected chi connectivity index (χ1v) is 18.4. The van der Waals surface area contributed by atoms with E-state index >= 15 is 0 Å². The van der Waals surface area contributed by atoms with E-state index in [9.17, 15) is 0 Å². The van der Waals surface area contributed by atoms with Gasteiger partial charge in [0, 0.05) is 28.0 Å². The number of benzene rings is 8. The lowest BCUT2D eigenvalue weighted by Crippen LogP contribution is -2.26. The molecule has 10 rings (SSSR count). The van der Waals surface area contributed by atoms with E-state index < -0.39 is 5.41 Å². The molecule has 0 aromatic heterocycles. The molecule has 0 bridgehead atoms. The van der Waals surface area contributed by atoms with Crippen LogP contribution in [-0.4, -0.2) is 0 Å². The third kappa shape index (κ3) is 4.80. The summed E-state index contributed by atoms with van der Waals surface area (Å²) < 4.78 is 0. The summed E-state index contributed by atoms with van der Waals surface area (Å²) in [6.07, 6.45) is 0. The predicted octanol–water partition coefficient (Wildman–Crippen LogP) is 13.0. The van der Waals surface area contributed by atoms with Crippen molar-refractivity contribution in [1.29, 1.82) is 0 Å². The van der Waals surface area contributed by atoms with E-state index in [4.69, 9.17) is 0 Å². The maximum absolute atomic E-state index is 3.95. The Morgan fingerprint density at radius 1 is 0.396 bits per heavy atom. The lowest BCUT2D eigenvalue weighted by molar-refractivity contribution is 0.657. The summed E-state index contributed by atoms with van der Waals surface area (Å²) >= 11 is 0. The molecule has 2 aliphatic rings. The minimum absolute atomic E-state index is 0.128. The lowest BCUT2D eigenvalue weighted by atomic mass is 9.71. The first kappa shape index (κ1) is 31.1. The number of para-hydroxylation sites is 1. The summed E-state index contributed by atoms with van der Waals surface area (Å²) in [5.41, 5.74) is 15.0. The third-order valence-corrected chi connectivity index (χ3v) is 11.5. The summed E-state index contributed by atoms with van der Waals surface area (Å²) in [6, 6.07) is 68.4. The van der Waals surface area contributed by atoms with Crippen molar-refractivity contribution in [2.45, 2.75) is 24.7 Å². The molecule has 2 aliphatic carbocycles. The van der Waals surface area contributed by atoms with Crippen molar-refractivity contribution in [3.63, 3.8) is 0 Å². The van der Waals surface area contributed by atoms with Crippen molar-refractivity contribution < 1.29 is 0 Å². The molecule has 53 heavy (non-hydrogen) atoms. The quantitative estimate of drug-likeness (QED) is 0.168. The van der Waals surface area contributed by atoms with Crippen molar-refractivity contribution in [2.75, 3.05) is 4.90 Å². The van der Waals surface area contributed by atoms with Gasteiger partial charge in [0.15, 0.2) is 0 Å². The van der Waals surface area contributed by atoms with Crippen LogP contribution >= 0.6 is 0 Å². The highest BCUT2D eigenvalue weighted by Gasteiger charge is 2.45. The first-order valence-electron chi connectivity index (χ1n) is 18.4. The minimum Gasteiger partial charge on any atom is -0.310 e. The predicted molar refractivity (Wildman–Crippen MR) is 221 cm³/mol. The molecular weight excluding hydrogens is 639 g/mol. The van der Waals surface area contributed by atoms with Crippen molar-refractivity contribution in [2.24, 2.45) is 0 Å². The monoisotopic (exact) mass is 675 g/mol. The highest BCUT2D eigenvalue weighted by Crippen LogP contribution is 2.56. The summed E-state index contributed by atoms with van der Waals surface area (Å²) in [4.78, 5) is 2.38. The van der Waals surface area contributed by atoms with E-state index in [2.05, 4.69) is 219 Å². The lowest BCUT2D eigenvalue weighted by Gasteiger charge is -2.30. The van der Waals surface area contributed by atoms with Crippen LogP contribution in [0.2, 0.25) is 0 Å². The number of rotatable bonds is 4. The SMILES string of the molecule is CC1(C)c2ccccc2-c2ccc(C3(C#Cc4ccccc4)c4ccccc4-c4cc(N(c5ccccc5)c5ccc6ccccc6c5)ccc43)cc21. The van der Waals surface area contributed by atoms with E-state index in [1.165, 1.54) is 60.8 Å². The number of hydrogen-bond acceptors (Lipinski definition) is 1. The van der Waals surface area contributed by atoms with Crippen LogP contribution in [0, 0.1) is 11.8 Å². The Balaban J connectivity index is 1.22. The topological polar surface area (TPSA) is 3.24 Å². The smallest absolute Gasteiger partial charge is 0.108 e. The van der Waals surface area contributed by atoms with Crippen LogP contribution in [-0.2, 0) is 10.8 Å². The third-order valence-electron chi connectivity index (χ3n) is 11.5. The summed E-state index contributed by atoms with van der Waals surface area (Å²) in [5.74, 6) is 7.61. The maximum atomic E-state index is 3.95. The number of fused-ring (bicyclic) bond motifs is 7. The van der Waals surface area contributed by atoms with Gasteiger partial charge in [0.1, 0.15) is 5.41 Å². The minimum atomic E-state index is -0.680. The Hall–Kier alpha value is -6.62. The Kier molecular flexibility index (Phi) is 7.04. The van der Waals surface area contributed by atoms with Crippen LogP contribution in [0.4, 0.5) is 17.1 Å². The average molecular weight is 676 g/mol. The fourth-order valence-corrected chi connectivity index (χ4v) is 8.89. The molecular formula is C52H37N. The van der Waals surface area contributed by atoms with E-state index in [0.717, 1.165) is 22.6 Å². The van der Waals surface area contributed by atoms with E-state index in [-0.39, 0.29) is 5.41 Å². The van der Waals surface area contributed by atoms with Crippen LogP contribution in [0.1, 0.15) is 47.2 Å². The van der Waals surface area contributed by atoms with Gasteiger partial charge < -0.3 is 4.90 Å². The zero-order valence-corrected chi connectivity index (χ0v) is 29.8. The number of anilines is 3. The van der Waals surface area contributed by atoms with Gasteiger partial charge in [-0.15, -0.1) is 0 Å². The molecule has 0 heterocycles. The van der Waals surface area contributed by atoms with Gasteiger partial charge >= 0.3 is 0 Å². The second-order valence-corrected chi connectivity index (χ2v) is 14.8. The second-order valence-electron chi connectivity index (χ2n) is 14.8. The van der Waals surface area contributed by atoms with Crippen molar-refractivity contribution in [3.8, 4) is 34.1 Å². The van der Waals surface area contributed by atoms with Gasteiger partial charge in [-0.3, -0.25) is 0 Å². The molecule has 1 heteroatoms. The van der Waals surface area contributed by atoms with Gasteiger partial charge in [-0.2, -0.15) is 0 Å². The van der Waals surface area contributed by atoms with E-state index in [1.54, 1.807) is 0 Å². The van der Waals surface area contributed by atoms with Gasteiger partial charge in [-0.25, -0.2) is 0 Å². The molecule has 0 radical (unpaired) electrons. The maximum Gasteiger partial charge on any atom is 0.108 e. The second kappa shape index (κ2) is 12.0. The van der Waals surface area contributed by atoms with Gasteiger partial charge in [0.05, 0.1) is 0 Å². The summed E-state index contributed by atoms with van der Waals surface area (Å²) in [6.45, 7) is 4.72. The molecule has 1 unspecified atom stereocenters. The molecule has 0 aliphatic heterocycles. The Morgan fingerprint density at radius 3 is 1.77 bits per heavy atom. The first-order chi connectivity index (χ1) is 26.0. The van der Waals surface area contributed by atoms with Crippen LogP contribution < -0.4 is 4.90 Å². The van der Waals surface area contributed by atoms with Gasteiger partial charge in [-0.05, 0) is 109 Å². The Bertz CT molecular complexity index is 2760. The molecule has 0 amide bonds. The van der Waals surface area contributed by atoms with E-state index in [1.807, 2.05) is 0 Å². The van der Waals surface area contributed by atoms with Gasteiger partial charge in [0.25, 0.3) is 0 Å². The van der Waals surface area contributed by atoms with E-state index in [0.29, 0.717) is 0 Å². The molecule has 0 spiro atoms. The molecule has 1 nitrogen and oxygen atoms in total. The zero-order chi connectivity index (χ0) is 35.6. The fraction of sp³-hybridized carbons (Fsp3) is 0.0769. The van der Waals surface area contributed by atoms with Crippen LogP contribution in [0.5, 0.6) is 0 Å². The molecule has 0 fully saturated rings. The van der Waals surface area contributed by atoms with Crippen molar-refractivity contribution >= 4 is 27.8 Å². The highest BCUT2D eigenvalue weighted by molar-refractivity contribution is 5.93. The van der Waals surface area contributed by atoms with Gasteiger partial charge in [0.2, 0.25) is 0 Å². The zero-order valence-electron chi connectivity index (χ0n) is 29.8. The molecule has 0 N–H and O–H groups in total. The number of nitrogens with zero attached hydrogens (tertiary/aromatic N) is 1. The van der Waals surface area contributed by atoms with Crippen molar-refractivity contribution in [3.05, 3.63) is 221 Å². The molecule has 8 aromatic rings. The largest absolute Gasteiger partial charge is 0.310 e. The Morgan fingerprint density at radius 2 is 0.981 bits per heavy atom. The molecule has 1 atom stereocenters. The normalized spacial score (nSPS) is 15.8. The van der Waals surface area contributed by atoms with Gasteiger partial charge in [-0.1, -0.05) is 165 Å². The number of hydrogen-bond donors (Lipinski definition) is 0. The summed E-state index contributed by atoms with van der Waals surface area (Å²) in [7, 11) is 0. The standard InChI is InChI=1S/C52H37N/c1-51(2)47-23-13-11-21-43(47)45-29-26-39(34-50(45)51)52(32-31-36-15-5-3-6-16-36)48-24-14-12-22-44(48)46-35-42(28-30-49(46)52)53(40-19-7-4-8-20-40)41-27-25-37-17-9-10-18-38(37)33-41/h3-30,33-35H,1-2H3. The van der Waals surface area contributed by atoms with Crippen LogP contribution in [0.3, 0.4) is 0 Å². The van der Waals surface area contributed by atoms with Crippen LogP contribution in [0.15, 0.2) is 188 Å². The Labute approximate surface area is 311 Å². The fourth-order valence-electron chi connectivity index (χ4n) is 8.89. The molecule has 250 valence electrons. The molecule has 0 saturated heterocycles.